The lowest BCUT2D eigenvalue weighted by Gasteiger charge is -1.92. The van der Waals surface area contributed by atoms with E-state index >= 15 is 0 Å². The van der Waals surface area contributed by atoms with Crippen molar-refractivity contribution in [3.8, 4) is 12.1 Å². The third-order valence-corrected chi connectivity index (χ3v) is 1.95. The van der Waals surface area contributed by atoms with Crippen LogP contribution in [0.5, 0.6) is 0 Å². The molecule has 1 aromatic rings. The van der Waals surface area contributed by atoms with Crippen molar-refractivity contribution in [2.45, 2.75) is 6.54 Å². The lowest BCUT2D eigenvalue weighted by atomic mass is 10.4. The second-order valence-corrected chi connectivity index (χ2v) is 2.53. The third-order valence-electron chi connectivity index (χ3n) is 1.12. The summed E-state index contributed by atoms with van der Waals surface area (Å²) < 4.78 is 1.97. The Hall–Kier alpha value is -1.33. The molecule has 1 aromatic heterocycles. The molecule has 0 aromatic carbocycles. The molecule has 0 bridgehead atoms. The van der Waals surface area contributed by atoms with E-state index < -0.39 is 0 Å². The molecule has 0 spiro atoms. The maximum Gasteiger partial charge on any atom is 0.129 e. The summed E-state index contributed by atoms with van der Waals surface area (Å²) >= 11 is 3.14. The number of hydrogen-bond acceptors (Lipinski definition) is 3. The van der Waals surface area contributed by atoms with Gasteiger partial charge in [0.1, 0.15) is 22.8 Å². The fourth-order valence-corrected chi connectivity index (χ4v) is 1.03. The highest BCUT2D eigenvalue weighted by Gasteiger charge is 2.05. The van der Waals surface area contributed by atoms with Crippen LogP contribution in [0.15, 0.2) is 10.8 Å². The van der Waals surface area contributed by atoms with E-state index in [0.29, 0.717) is 10.2 Å². The molecule has 0 fully saturated rings. The van der Waals surface area contributed by atoms with Crippen LogP contribution in [0.4, 0.5) is 0 Å². The van der Waals surface area contributed by atoms with Crippen LogP contribution >= 0.6 is 15.9 Å². The minimum atomic E-state index is 0.155. The largest absolute Gasteiger partial charge is 0.243 e. The number of nitrogens with zero attached hydrogens (tertiary/aromatic N) is 4. The van der Waals surface area contributed by atoms with E-state index in [2.05, 4.69) is 21.0 Å². The Morgan fingerprint density at radius 1 is 1.64 bits per heavy atom. The lowest BCUT2D eigenvalue weighted by Crippen LogP contribution is -1.97. The molecular weight excluding hydrogens is 208 g/mol. The summed E-state index contributed by atoms with van der Waals surface area (Å²) in [5, 5.41) is 20.6. The van der Waals surface area contributed by atoms with Crippen LogP contribution in [0.3, 0.4) is 0 Å². The van der Waals surface area contributed by atoms with Gasteiger partial charge >= 0.3 is 0 Å². The summed E-state index contributed by atoms with van der Waals surface area (Å²) in [6.45, 7) is 0.155. The molecule has 5 heteroatoms. The number of rotatable bonds is 1. The van der Waals surface area contributed by atoms with Gasteiger partial charge in [0, 0.05) is 0 Å². The molecule has 11 heavy (non-hydrogen) atoms. The Kier molecular flexibility index (Phi) is 2.25. The van der Waals surface area contributed by atoms with E-state index in [9.17, 15) is 0 Å². The molecule has 0 saturated heterocycles. The minimum absolute atomic E-state index is 0.155. The summed E-state index contributed by atoms with van der Waals surface area (Å²) in [4.78, 5) is 0. The Morgan fingerprint density at radius 3 is 2.82 bits per heavy atom. The molecule has 0 N–H and O–H groups in total. The van der Waals surface area contributed by atoms with Crippen molar-refractivity contribution in [1.29, 1.82) is 10.5 Å². The van der Waals surface area contributed by atoms with Gasteiger partial charge in [0.05, 0.1) is 12.3 Å². The molecule has 0 aliphatic rings. The van der Waals surface area contributed by atoms with Crippen LogP contribution in [0, 0.1) is 22.7 Å². The monoisotopic (exact) mass is 210 g/mol. The van der Waals surface area contributed by atoms with Crippen LogP contribution < -0.4 is 0 Å². The highest BCUT2D eigenvalue weighted by Crippen LogP contribution is 2.14. The molecule has 0 unspecified atom stereocenters. The van der Waals surface area contributed by atoms with Crippen molar-refractivity contribution in [3.63, 3.8) is 0 Å². The normalized spacial score (nSPS) is 8.64. The van der Waals surface area contributed by atoms with Crippen LogP contribution in [-0.4, -0.2) is 9.78 Å². The van der Waals surface area contributed by atoms with E-state index in [-0.39, 0.29) is 6.54 Å². The van der Waals surface area contributed by atoms with Crippen LogP contribution in [0.1, 0.15) is 5.56 Å². The van der Waals surface area contributed by atoms with Gasteiger partial charge in [-0.1, -0.05) is 0 Å². The maximum absolute atomic E-state index is 8.48. The average molecular weight is 211 g/mol. The van der Waals surface area contributed by atoms with Crippen molar-refractivity contribution < 1.29 is 0 Å². The van der Waals surface area contributed by atoms with Gasteiger partial charge in [-0.15, -0.1) is 0 Å². The molecule has 0 radical (unpaired) electrons. The summed E-state index contributed by atoms with van der Waals surface area (Å²) in [5.74, 6) is 0. The first-order valence-electron chi connectivity index (χ1n) is 2.78. The molecule has 0 aliphatic carbocycles. The van der Waals surface area contributed by atoms with E-state index in [0.717, 1.165) is 0 Å². The molecule has 1 rings (SSSR count). The highest BCUT2D eigenvalue weighted by atomic mass is 79.9. The molecule has 0 atom stereocenters. The fourth-order valence-electron chi connectivity index (χ4n) is 0.623. The van der Waals surface area contributed by atoms with Crippen molar-refractivity contribution in [3.05, 3.63) is 16.4 Å². The highest BCUT2D eigenvalue weighted by molar-refractivity contribution is 9.10. The third kappa shape index (κ3) is 1.39. The van der Waals surface area contributed by atoms with Crippen LogP contribution in [0.25, 0.3) is 0 Å². The predicted octanol–water partition coefficient (Wildman–Crippen LogP) is 1.04. The van der Waals surface area contributed by atoms with Crippen LogP contribution in [0.2, 0.25) is 0 Å². The van der Waals surface area contributed by atoms with Crippen LogP contribution in [-0.2, 0) is 6.54 Å². The second-order valence-electron chi connectivity index (χ2n) is 1.78. The second kappa shape index (κ2) is 3.18. The van der Waals surface area contributed by atoms with Gasteiger partial charge in [-0.3, -0.25) is 0 Å². The molecule has 1 heterocycles. The van der Waals surface area contributed by atoms with Crippen molar-refractivity contribution >= 4 is 15.9 Å². The average Bonchev–Trinajstić information content (AvgIpc) is 2.34. The van der Waals surface area contributed by atoms with Gasteiger partial charge in [-0.25, -0.2) is 4.68 Å². The summed E-state index contributed by atoms with van der Waals surface area (Å²) in [6.07, 6.45) is 1.42. The predicted molar refractivity (Wildman–Crippen MR) is 40.3 cm³/mol. The topological polar surface area (TPSA) is 65.4 Å². The minimum Gasteiger partial charge on any atom is -0.243 e. The first kappa shape index (κ1) is 7.77. The lowest BCUT2D eigenvalue weighted by molar-refractivity contribution is 0.693. The number of halogens is 1. The number of aromatic nitrogens is 2. The quantitative estimate of drug-likeness (QED) is 0.696. The van der Waals surface area contributed by atoms with Gasteiger partial charge in [-0.2, -0.15) is 15.6 Å². The first-order chi connectivity index (χ1) is 5.29. The number of nitriles is 2. The molecule has 4 nitrogen and oxygen atoms in total. The van der Waals surface area contributed by atoms with Crippen molar-refractivity contribution in [1.82, 2.24) is 9.78 Å². The summed E-state index contributed by atoms with van der Waals surface area (Å²) in [6, 6.07) is 3.86. The molecular formula is C6H3BrN4. The Morgan fingerprint density at radius 2 is 2.36 bits per heavy atom. The first-order valence-corrected chi connectivity index (χ1v) is 3.57. The van der Waals surface area contributed by atoms with E-state index in [1.54, 1.807) is 0 Å². The molecule has 0 amide bonds. The molecule has 0 saturated carbocycles. The van der Waals surface area contributed by atoms with Gasteiger partial charge in [0.15, 0.2) is 0 Å². The number of hydrogen-bond donors (Lipinski definition) is 0. The zero-order valence-electron chi connectivity index (χ0n) is 5.45. The standard InChI is InChI=1S/C6H3BrN4/c7-6-5(3-9)4-10-11(6)2-1-8/h4H,2H2. The Balaban J connectivity index is 3.05. The zero-order chi connectivity index (χ0) is 8.27. The molecule has 0 aliphatic heterocycles. The Bertz CT molecular complexity index is 340. The molecule has 54 valence electrons. The smallest absolute Gasteiger partial charge is 0.129 e. The van der Waals surface area contributed by atoms with E-state index in [1.807, 2.05) is 12.1 Å². The zero-order valence-corrected chi connectivity index (χ0v) is 7.04. The Labute approximate surface area is 71.8 Å². The van der Waals surface area contributed by atoms with Gasteiger partial charge in [0.2, 0.25) is 0 Å². The van der Waals surface area contributed by atoms with Crippen molar-refractivity contribution in [2.75, 3.05) is 0 Å². The van der Waals surface area contributed by atoms with E-state index in [4.69, 9.17) is 10.5 Å². The summed E-state index contributed by atoms with van der Waals surface area (Å²) in [5.41, 5.74) is 0.445. The van der Waals surface area contributed by atoms with E-state index in [1.165, 1.54) is 10.9 Å². The summed E-state index contributed by atoms with van der Waals surface area (Å²) in [7, 11) is 0. The maximum atomic E-state index is 8.48. The fraction of sp³-hybridized carbons (Fsp3) is 0.167. The van der Waals surface area contributed by atoms with Gasteiger partial charge < -0.3 is 0 Å². The van der Waals surface area contributed by atoms with Gasteiger partial charge in [0.25, 0.3) is 0 Å². The SMILES string of the molecule is N#CCn1ncc(C#N)c1Br. The van der Waals surface area contributed by atoms with Crippen molar-refractivity contribution in [2.24, 2.45) is 0 Å². The van der Waals surface area contributed by atoms with Gasteiger partial charge in [-0.05, 0) is 15.9 Å².